The molecule has 1 aromatic rings. The first-order valence-electron chi connectivity index (χ1n) is 6.35. The molecule has 1 amide bonds. The molecule has 0 saturated carbocycles. The summed E-state index contributed by atoms with van der Waals surface area (Å²) in [5, 5.41) is 2.47. The van der Waals surface area contributed by atoms with E-state index in [1.54, 1.807) is 6.20 Å². The highest BCUT2D eigenvalue weighted by Gasteiger charge is 2.19. The Morgan fingerprint density at radius 3 is 2.81 bits per heavy atom. The first-order chi connectivity index (χ1) is 9.99. The standard InChI is InChI=1S/C12H20N4O4S/c1-8-13-6-11(15-19-3)16(8)4-5-20-12(18)10(7-21)14-9(2)17/h6,10,15,21H,4-5,7H2,1-3H3,(H,14,17). The van der Waals surface area contributed by atoms with Crippen LogP contribution >= 0.6 is 12.6 Å². The number of aryl methyl sites for hydroxylation is 1. The van der Waals surface area contributed by atoms with Crippen molar-refractivity contribution in [1.82, 2.24) is 14.9 Å². The summed E-state index contributed by atoms with van der Waals surface area (Å²) < 4.78 is 6.95. The largest absolute Gasteiger partial charge is 0.462 e. The highest BCUT2D eigenvalue weighted by atomic mass is 32.1. The van der Waals surface area contributed by atoms with Crippen LogP contribution in [0.1, 0.15) is 12.7 Å². The Hall–Kier alpha value is -1.74. The molecule has 0 aliphatic carbocycles. The third kappa shape index (κ3) is 5.27. The number of carbonyl (C=O) groups is 2. The number of ether oxygens (including phenoxy) is 1. The van der Waals surface area contributed by atoms with Gasteiger partial charge >= 0.3 is 5.97 Å². The van der Waals surface area contributed by atoms with Crippen LogP contribution in [0.25, 0.3) is 0 Å². The van der Waals surface area contributed by atoms with Gasteiger partial charge in [-0.05, 0) is 6.92 Å². The number of hydrogen-bond acceptors (Lipinski definition) is 7. The Kier molecular flexibility index (Phi) is 7.03. The van der Waals surface area contributed by atoms with Gasteiger partial charge in [0.25, 0.3) is 0 Å². The van der Waals surface area contributed by atoms with E-state index in [0.717, 1.165) is 5.82 Å². The second kappa shape index (κ2) is 8.53. The summed E-state index contributed by atoms with van der Waals surface area (Å²) in [6.45, 7) is 3.73. The third-order valence-corrected chi connectivity index (χ3v) is 3.03. The van der Waals surface area contributed by atoms with Gasteiger partial charge in [0.1, 0.15) is 24.3 Å². The number of aromatic nitrogens is 2. The van der Waals surface area contributed by atoms with Crippen LogP contribution in [0.5, 0.6) is 0 Å². The molecule has 8 nitrogen and oxygen atoms in total. The van der Waals surface area contributed by atoms with Crippen LogP contribution in [-0.2, 0) is 25.7 Å². The van der Waals surface area contributed by atoms with Crippen molar-refractivity contribution in [3.8, 4) is 0 Å². The Bertz CT molecular complexity index is 492. The number of nitrogens with zero attached hydrogens (tertiary/aromatic N) is 2. The molecule has 0 fully saturated rings. The summed E-state index contributed by atoms with van der Waals surface area (Å²) in [4.78, 5) is 31.7. The molecule has 0 radical (unpaired) electrons. The molecule has 0 saturated heterocycles. The molecule has 9 heteroatoms. The topological polar surface area (TPSA) is 94.5 Å². The van der Waals surface area contributed by atoms with Crippen molar-refractivity contribution >= 4 is 30.3 Å². The van der Waals surface area contributed by atoms with Crippen LogP contribution < -0.4 is 10.8 Å². The second-order valence-corrected chi connectivity index (χ2v) is 4.62. The number of esters is 1. The molecular weight excluding hydrogens is 296 g/mol. The van der Waals surface area contributed by atoms with Gasteiger partial charge in [-0.2, -0.15) is 12.6 Å². The van der Waals surface area contributed by atoms with Crippen molar-refractivity contribution in [2.45, 2.75) is 26.4 Å². The van der Waals surface area contributed by atoms with Gasteiger partial charge < -0.3 is 14.6 Å². The monoisotopic (exact) mass is 316 g/mol. The van der Waals surface area contributed by atoms with Crippen molar-refractivity contribution in [3.05, 3.63) is 12.0 Å². The number of rotatable bonds is 8. The number of carbonyl (C=O) groups excluding carboxylic acids is 2. The molecule has 0 aliphatic heterocycles. The zero-order chi connectivity index (χ0) is 15.8. The van der Waals surface area contributed by atoms with Crippen molar-refractivity contribution in [1.29, 1.82) is 0 Å². The molecule has 1 rings (SSSR count). The zero-order valence-electron chi connectivity index (χ0n) is 12.3. The summed E-state index contributed by atoms with van der Waals surface area (Å²) in [5.41, 5.74) is 2.69. The lowest BCUT2D eigenvalue weighted by atomic mass is 10.3. The molecule has 2 N–H and O–H groups in total. The molecule has 1 heterocycles. The maximum absolute atomic E-state index is 11.8. The minimum absolute atomic E-state index is 0.151. The fourth-order valence-corrected chi connectivity index (χ4v) is 1.94. The number of nitrogens with one attached hydrogen (secondary N) is 2. The van der Waals surface area contributed by atoms with E-state index in [2.05, 4.69) is 28.4 Å². The van der Waals surface area contributed by atoms with Gasteiger partial charge in [-0.15, -0.1) is 0 Å². The minimum atomic E-state index is -0.744. The van der Waals surface area contributed by atoms with E-state index in [-0.39, 0.29) is 18.3 Å². The molecule has 21 heavy (non-hydrogen) atoms. The number of anilines is 1. The quantitative estimate of drug-likeness (QED) is 0.359. The molecule has 0 spiro atoms. The lowest BCUT2D eigenvalue weighted by Gasteiger charge is -2.15. The third-order valence-electron chi connectivity index (χ3n) is 2.67. The van der Waals surface area contributed by atoms with E-state index in [0.29, 0.717) is 12.4 Å². The predicted octanol–water partition coefficient (Wildman–Crippen LogP) is 0.143. The van der Waals surface area contributed by atoms with E-state index < -0.39 is 12.0 Å². The molecule has 118 valence electrons. The second-order valence-electron chi connectivity index (χ2n) is 4.25. The van der Waals surface area contributed by atoms with Gasteiger partial charge in [0, 0.05) is 12.7 Å². The van der Waals surface area contributed by atoms with Crippen LogP contribution in [0.2, 0.25) is 0 Å². The first-order valence-corrected chi connectivity index (χ1v) is 6.98. The van der Waals surface area contributed by atoms with Gasteiger partial charge in [0.05, 0.1) is 19.9 Å². The number of imidazole rings is 1. The molecule has 1 unspecified atom stereocenters. The summed E-state index contributed by atoms with van der Waals surface area (Å²) >= 11 is 4.01. The van der Waals surface area contributed by atoms with Crippen LogP contribution in [0.3, 0.4) is 0 Å². The molecule has 1 aromatic heterocycles. The van der Waals surface area contributed by atoms with E-state index in [4.69, 9.17) is 9.57 Å². The van der Waals surface area contributed by atoms with Crippen LogP contribution in [0.4, 0.5) is 5.82 Å². The summed E-state index contributed by atoms with van der Waals surface area (Å²) in [5.74, 6) is 0.790. The normalized spacial score (nSPS) is 11.8. The summed E-state index contributed by atoms with van der Waals surface area (Å²) in [6, 6.07) is -0.744. The van der Waals surface area contributed by atoms with Gasteiger partial charge in [0.15, 0.2) is 0 Å². The molecular formula is C12H20N4O4S. The lowest BCUT2D eigenvalue weighted by Crippen LogP contribution is -2.42. The highest BCUT2D eigenvalue weighted by molar-refractivity contribution is 7.80. The number of amides is 1. The number of thiol groups is 1. The molecule has 0 aliphatic rings. The van der Waals surface area contributed by atoms with Crippen LogP contribution in [-0.4, -0.2) is 46.9 Å². The number of hydrogen-bond donors (Lipinski definition) is 3. The van der Waals surface area contributed by atoms with Gasteiger partial charge in [-0.1, -0.05) is 0 Å². The smallest absolute Gasteiger partial charge is 0.329 e. The van der Waals surface area contributed by atoms with E-state index in [1.165, 1.54) is 14.0 Å². The van der Waals surface area contributed by atoms with Crippen molar-refractivity contribution < 1.29 is 19.2 Å². The van der Waals surface area contributed by atoms with Crippen molar-refractivity contribution in [2.24, 2.45) is 0 Å². The maximum atomic E-state index is 11.8. The fraction of sp³-hybridized carbons (Fsp3) is 0.583. The molecule has 0 aromatic carbocycles. The Labute approximate surface area is 128 Å². The Morgan fingerprint density at radius 1 is 1.52 bits per heavy atom. The Morgan fingerprint density at radius 2 is 2.24 bits per heavy atom. The van der Waals surface area contributed by atoms with E-state index >= 15 is 0 Å². The SMILES string of the molecule is CONc1cnc(C)n1CCOC(=O)C(CS)NC(C)=O. The molecule has 1 atom stereocenters. The van der Waals surface area contributed by atoms with Gasteiger partial charge in [-0.25, -0.2) is 15.3 Å². The summed E-state index contributed by atoms with van der Waals surface area (Å²) in [7, 11) is 1.50. The average Bonchev–Trinajstić information content (AvgIpc) is 2.77. The summed E-state index contributed by atoms with van der Waals surface area (Å²) in [6.07, 6.45) is 1.62. The average molecular weight is 316 g/mol. The highest BCUT2D eigenvalue weighted by Crippen LogP contribution is 2.10. The van der Waals surface area contributed by atoms with Crippen molar-refractivity contribution in [2.75, 3.05) is 24.9 Å². The zero-order valence-corrected chi connectivity index (χ0v) is 13.1. The lowest BCUT2D eigenvalue weighted by molar-refractivity contribution is -0.147. The molecule has 0 bridgehead atoms. The van der Waals surface area contributed by atoms with Gasteiger partial charge in [-0.3, -0.25) is 9.63 Å². The fourth-order valence-electron chi connectivity index (χ4n) is 1.70. The van der Waals surface area contributed by atoms with Gasteiger partial charge in [0.2, 0.25) is 5.91 Å². The van der Waals surface area contributed by atoms with Crippen molar-refractivity contribution in [3.63, 3.8) is 0 Å². The van der Waals surface area contributed by atoms with E-state index in [1.807, 2.05) is 11.5 Å². The minimum Gasteiger partial charge on any atom is -0.462 e. The first kappa shape index (κ1) is 17.3. The maximum Gasteiger partial charge on any atom is 0.329 e. The Balaban J connectivity index is 2.51. The van der Waals surface area contributed by atoms with Crippen LogP contribution in [0.15, 0.2) is 6.20 Å². The van der Waals surface area contributed by atoms with Crippen LogP contribution in [0, 0.1) is 6.92 Å². The predicted molar refractivity (Wildman–Crippen MR) is 80.0 cm³/mol. The van der Waals surface area contributed by atoms with E-state index in [9.17, 15) is 9.59 Å².